The highest BCUT2D eigenvalue weighted by molar-refractivity contribution is 7.89. The van der Waals surface area contributed by atoms with E-state index in [1.165, 1.54) is 4.31 Å². The van der Waals surface area contributed by atoms with Crippen molar-refractivity contribution in [2.45, 2.75) is 6.42 Å². The van der Waals surface area contributed by atoms with Crippen molar-refractivity contribution in [1.82, 2.24) is 14.6 Å². The standard InChI is InChI=1S/C25H28N4O3S/c30-25(23-12-10-22(11-13-23)21-7-2-1-3-8-21)27-15-6-20-33(31,32)29-18-16-28(17-19-29)24-9-4-5-14-26-24/h1-5,7-14H,6,15-20H2,(H,27,30). The second kappa shape index (κ2) is 10.6. The zero-order valence-corrected chi connectivity index (χ0v) is 19.2. The van der Waals surface area contributed by atoms with E-state index in [1.807, 2.05) is 60.7 Å². The number of carbonyl (C=O) groups is 1. The monoisotopic (exact) mass is 464 g/mol. The van der Waals surface area contributed by atoms with Crippen molar-refractivity contribution in [3.63, 3.8) is 0 Å². The lowest BCUT2D eigenvalue weighted by Gasteiger charge is -2.34. The van der Waals surface area contributed by atoms with Crippen LogP contribution in [0.3, 0.4) is 0 Å². The molecule has 0 bridgehead atoms. The van der Waals surface area contributed by atoms with Gasteiger partial charge in [-0.2, -0.15) is 4.31 Å². The van der Waals surface area contributed by atoms with Crippen LogP contribution in [0.2, 0.25) is 0 Å². The molecule has 1 aliphatic rings. The van der Waals surface area contributed by atoms with Gasteiger partial charge in [0.05, 0.1) is 5.75 Å². The molecule has 0 saturated carbocycles. The number of nitrogens with one attached hydrogen (secondary N) is 1. The number of hydrogen-bond donors (Lipinski definition) is 1. The number of carbonyl (C=O) groups excluding carboxylic acids is 1. The van der Waals surface area contributed by atoms with Crippen molar-refractivity contribution in [2.75, 3.05) is 43.4 Å². The number of rotatable bonds is 8. The second-order valence-corrected chi connectivity index (χ2v) is 10.0. The summed E-state index contributed by atoms with van der Waals surface area (Å²) in [5.74, 6) is 0.689. The lowest BCUT2D eigenvalue weighted by atomic mass is 10.0. The third kappa shape index (κ3) is 5.97. The molecule has 1 aromatic heterocycles. The highest BCUT2D eigenvalue weighted by atomic mass is 32.2. The van der Waals surface area contributed by atoms with Crippen LogP contribution < -0.4 is 10.2 Å². The Labute approximate surface area is 195 Å². The summed E-state index contributed by atoms with van der Waals surface area (Å²) >= 11 is 0. The van der Waals surface area contributed by atoms with Gasteiger partial charge in [-0.15, -0.1) is 0 Å². The molecule has 1 amide bonds. The van der Waals surface area contributed by atoms with Crippen LogP contribution in [0.1, 0.15) is 16.8 Å². The molecule has 0 aliphatic carbocycles. The Balaban J connectivity index is 1.21. The van der Waals surface area contributed by atoms with Crippen LogP contribution in [0.15, 0.2) is 79.0 Å². The van der Waals surface area contributed by atoms with Crippen LogP contribution in [0.25, 0.3) is 11.1 Å². The molecule has 1 fully saturated rings. The molecule has 8 heteroatoms. The Morgan fingerprint density at radius 1 is 0.848 bits per heavy atom. The SMILES string of the molecule is O=C(NCCCS(=O)(=O)N1CCN(c2ccccn2)CC1)c1ccc(-c2ccccc2)cc1. The normalized spacial score (nSPS) is 14.7. The van der Waals surface area contributed by atoms with Gasteiger partial charge >= 0.3 is 0 Å². The van der Waals surface area contributed by atoms with Gasteiger partial charge < -0.3 is 10.2 Å². The van der Waals surface area contributed by atoms with Crippen molar-refractivity contribution in [3.8, 4) is 11.1 Å². The van der Waals surface area contributed by atoms with Gasteiger partial charge in [-0.25, -0.2) is 13.4 Å². The smallest absolute Gasteiger partial charge is 0.251 e. The third-order valence-electron chi connectivity index (χ3n) is 5.72. The number of piperazine rings is 1. The number of hydrogen-bond acceptors (Lipinski definition) is 5. The number of nitrogens with zero attached hydrogens (tertiary/aromatic N) is 3. The number of amides is 1. The third-order valence-corrected chi connectivity index (χ3v) is 7.68. The summed E-state index contributed by atoms with van der Waals surface area (Å²) in [6.45, 7) is 2.43. The average molecular weight is 465 g/mol. The number of pyridine rings is 1. The van der Waals surface area contributed by atoms with Crippen molar-refractivity contribution in [3.05, 3.63) is 84.6 Å². The summed E-state index contributed by atoms with van der Waals surface area (Å²) < 4.78 is 26.9. The van der Waals surface area contributed by atoms with Crippen LogP contribution >= 0.6 is 0 Å². The summed E-state index contributed by atoms with van der Waals surface area (Å²) in [5.41, 5.74) is 2.69. The molecular formula is C25H28N4O3S. The Morgan fingerprint density at radius 2 is 1.52 bits per heavy atom. The van der Waals surface area contributed by atoms with E-state index < -0.39 is 10.0 Å². The zero-order chi connectivity index (χ0) is 23.1. The Hall–Kier alpha value is -3.23. The van der Waals surface area contributed by atoms with E-state index in [-0.39, 0.29) is 11.7 Å². The molecular weight excluding hydrogens is 436 g/mol. The van der Waals surface area contributed by atoms with Crippen molar-refractivity contribution >= 4 is 21.7 Å². The molecule has 1 aliphatic heterocycles. The van der Waals surface area contributed by atoms with E-state index in [2.05, 4.69) is 15.2 Å². The van der Waals surface area contributed by atoms with E-state index in [1.54, 1.807) is 18.3 Å². The van der Waals surface area contributed by atoms with E-state index in [9.17, 15) is 13.2 Å². The van der Waals surface area contributed by atoms with E-state index in [0.717, 1.165) is 16.9 Å². The second-order valence-electron chi connectivity index (χ2n) is 7.94. The summed E-state index contributed by atoms with van der Waals surface area (Å²) in [7, 11) is -3.35. The van der Waals surface area contributed by atoms with Gasteiger partial charge in [-0.1, -0.05) is 48.5 Å². The Kier molecular flexibility index (Phi) is 7.36. The van der Waals surface area contributed by atoms with Gasteiger partial charge in [0.15, 0.2) is 0 Å². The lowest BCUT2D eigenvalue weighted by molar-refractivity contribution is 0.0953. The fraction of sp³-hybridized carbons (Fsp3) is 0.280. The fourth-order valence-corrected chi connectivity index (χ4v) is 5.36. The maximum atomic E-state index is 12.7. The van der Waals surface area contributed by atoms with E-state index in [0.29, 0.717) is 44.7 Å². The van der Waals surface area contributed by atoms with Gasteiger partial charge in [0.2, 0.25) is 10.0 Å². The van der Waals surface area contributed by atoms with Crippen LogP contribution in [0.5, 0.6) is 0 Å². The number of sulfonamides is 1. The highest BCUT2D eigenvalue weighted by Crippen LogP contribution is 2.19. The van der Waals surface area contributed by atoms with Crippen LogP contribution in [0, 0.1) is 0 Å². The maximum Gasteiger partial charge on any atom is 0.251 e. The molecule has 0 spiro atoms. The predicted octanol–water partition coefficient (Wildman–Crippen LogP) is 3.02. The van der Waals surface area contributed by atoms with Gasteiger partial charge in [0.25, 0.3) is 5.91 Å². The Bertz CT molecular complexity index is 1150. The summed E-state index contributed by atoms with van der Waals surface area (Å²) in [6, 6.07) is 23.1. The molecule has 3 aromatic rings. The number of aromatic nitrogens is 1. The maximum absolute atomic E-state index is 12.7. The van der Waals surface area contributed by atoms with E-state index >= 15 is 0 Å². The van der Waals surface area contributed by atoms with Gasteiger partial charge in [-0.3, -0.25) is 4.79 Å². The molecule has 1 N–H and O–H groups in total. The first-order chi connectivity index (χ1) is 16.0. The minimum absolute atomic E-state index is 0.0177. The van der Waals surface area contributed by atoms with Crippen molar-refractivity contribution < 1.29 is 13.2 Å². The minimum atomic E-state index is -3.35. The largest absolute Gasteiger partial charge is 0.354 e. The first-order valence-corrected chi connectivity index (χ1v) is 12.7. The Morgan fingerprint density at radius 3 is 2.18 bits per heavy atom. The average Bonchev–Trinajstić information content (AvgIpc) is 2.88. The van der Waals surface area contributed by atoms with E-state index in [4.69, 9.17) is 0 Å². The summed E-state index contributed by atoms with van der Waals surface area (Å²) in [6.07, 6.45) is 2.11. The number of anilines is 1. The van der Waals surface area contributed by atoms with Crippen molar-refractivity contribution in [2.24, 2.45) is 0 Å². The molecule has 2 aromatic carbocycles. The van der Waals surface area contributed by atoms with Gasteiger partial charge in [-0.05, 0) is 41.8 Å². The van der Waals surface area contributed by atoms with Crippen molar-refractivity contribution in [1.29, 1.82) is 0 Å². The quantitative estimate of drug-likeness (QED) is 0.518. The zero-order valence-electron chi connectivity index (χ0n) is 18.4. The first-order valence-electron chi connectivity index (χ1n) is 11.1. The molecule has 0 radical (unpaired) electrons. The fourth-order valence-electron chi connectivity index (χ4n) is 3.87. The highest BCUT2D eigenvalue weighted by Gasteiger charge is 2.27. The summed E-state index contributed by atoms with van der Waals surface area (Å²) in [5, 5.41) is 2.82. The van der Waals surface area contributed by atoms with Crippen LogP contribution in [-0.4, -0.2) is 62.1 Å². The molecule has 33 heavy (non-hydrogen) atoms. The topological polar surface area (TPSA) is 82.6 Å². The van der Waals surface area contributed by atoms with Gasteiger partial charge in [0, 0.05) is 44.5 Å². The molecule has 4 rings (SSSR count). The van der Waals surface area contributed by atoms with Crippen LogP contribution in [0.4, 0.5) is 5.82 Å². The molecule has 172 valence electrons. The molecule has 0 unspecified atom stereocenters. The van der Waals surface area contributed by atoms with Crippen LogP contribution in [-0.2, 0) is 10.0 Å². The minimum Gasteiger partial charge on any atom is -0.354 e. The predicted molar refractivity (Wildman–Crippen MR) is 131 cm³/mol. The molecule has 0 atom stereocenters. The molecule has 7 nitrogen and oxygen atoms in total. The van der Waals surface area contributed by atoms with Gasteiger partial charge in [0.1, 0.15) is 5.82 Å². The summed E-state index contributed by atoms with van der Waals surface area (Å²) in [4.78, 5) is 18.8. The lowest BCUT2D eigenvalue weighted by Crippen LogP contribution is -2.49. The molecule has 1 saturated heterocycles. The first kappa shape index (κ1) is 22.9. The molecule has 2 heterocycles. The number of benzene rings is 2.